The number of nitrogens with zero attached hydrogens (tertiary/aromatic N) is 1. The molecule has 1 aromatic carbocycles. The molecule has 26 heavy (non-hydrogen) atoms. The highest BCUT2D eigenvalue weighted by molar-refractivity contribution is 8.00. The molecule has 0 bridgehead atoms. The van der Waals surface area contributed by atoms with Gasteiger partial charge in [-0.05, 0) is 30.5 Å². The molecule has 2 unspecified atom stereocenters. The van der Waals surface area contributed by atoms with Crippen LogP contribution in [0.3, 0.4) is 0 Å². The number of aliphatic hydroxyl groups excluding tert-OH is 1. The van der Waals surface area contributed by atoms with E-state index >= 15 is 0 Å². The fraction of sp³-hybridized carbons (Fsp3) is 0.500. The number of alkyl halides is 6. The number of thioether (sulfide) groups is 1. The second-order valence-electron chi connectivity index (χ2n) is 5.70. The Kier molecular flexibility index (Phi) is 4.67. The summed E-state index contributed by atoms with van der Waals surface area (Å²) in [5, 5.41) is 11.3. The summed E-state index contributed by atoms with van der Waals surface area (Å²) in [6.45, 7) is -0.376. The second-order valence-corrected chi connectivity index (χ2v) is 6.82. The number of benzene rings is 1. The topological polar surface area (TPSA) is 61.8 Å². The Morgan fingerprint density at radius 1 is 1.31 bits per heavy atom. The maximum Gasteiger partial charge on any atom is 0.573 e. The minimum atomic E-state index is -5.10. The number of aliphatic hydroxyl groups is 1. The molecule has 2 heterocycles. The summed E-state index contributed by atoms with van der Waals surface area (Å²) in [7, 11) is 0. The molecule has 2 aliphatic heterocycles. The molecule has 12 heteroatoms. The molecule has 0 saturated carbocycles. The van der Waals surface area contributed by atoms with E-state index in [-0.39, 0.29) is 11.5 Å². The molecule has 3 rings (SSSR count). The van der Waals surface area contributed by atoms with Crippen LogP contribution in [-0.4, -0.2) is 41.7 Å². The predicted octanol–water partition coefficient (Wildman–Crippen LogP) is 2.77. The van der Waals surface area contributed by atoms with E-state index in [0.717, 1.165) is 17.8 Å². The molecule has 0 aromatic heterocycles. The summed E-state index contributed by atoms with van der Waals surface area (Å²) in [4.78, 5) is 12.9. The summed E-state index contributed by atoms with van der Waals surface area (Å²) < 4.78 is 78.9. The normalized spacial score (nSPS) is 22.2. The van der Waals surface area contributed by atoms with Gasteiger partial charge in [-0.3, -0.25) is 4.79 Å². The largest absolute Gasteiger partial charge is 0.573 e. The van der Waals surface area contributed by atoms with Gasteiger partial charge in [-0.1, -0.05) is 11.8 Å². The first kappa shape index (κ1) is 19.0. The highest BCUT2D eigenvalue weighted by atomic mass is 32.2. The smallest absolute Gasteiger partial charge is 0.406 e. The van der Waals surface area contributed by atoms with Gasteiger partial charge in [0.25, 0.3) is 0 Å². The molecule has 0 radical (unpaired) electrons. The number of hydrogen-bond acceptors (Lipinski definition) is 5. The maximum atomic E-state index is 12.6. The summed E-state index contributed by atoms with van der Waals surface area (Å²) in [6, 6.07) is 1.66. The fourth-order valence-electron chi connectivity index (χ4n) is 3.01. The Labute approximate surface area is 147 Å². The maximum absolute atomic E-state index is 12.6. The van der Waals surface area contributed by atoms with Crippen LogP contribution >= 0.6 is 11.8 Å². The number of carbonyl (C=O) groups excluding carboxylic acids is 1. The quantitative estimate of drug-likeness (QED) is 0.762. The summed E-state index contributed by atoms with van der Waals surface area (Å²) in [6.07, 6.45) is -9.39. The molecule has 0 aliphatic carbocycles. The lowest BCUT2D eigenvalue weighted by molar-refractivity contribution is -0.274. The van der Waals surface area contributed by atoms with Crippen LogP contribution in [0.2, 0.25) is 0 Å². The first-order chi connectivity index (χ1) is 12.0. The van der Waals surface area contributed by atoms with E-state index in [9.17, 15) is 36.2 Å². The second kappa shape index (κ2) is 6.41. The Hall–Kier alpha value is -1.82. The molecular weight excluding hydrogens is 390 g/mol. The number of amides is 1. The van der Waals surface area contributed by atoms with Gasteiger partial charge in [-0.15, -0.1) is 13.2 Å². The summed E-state index contributed by atoms with van der Waals surface area (Å²) >= 11 is 0.762. The van der Waals surface area contributed by atoms with Crippen LogP contribution in [0.25, 0.3) is 0 Å². The van der Waals surface area contributed by atoms with Gasteiger partial charge in [-0.25, -0.2) is 0 Å². The van der Waals surface area contributed by atoms with Crippen molar-refractivity contribution in [2.45, 2.75) is 41.8 Å². The van der Waals surface area contributed by atoms with Crippen molar-refractivity contribution >= 4 is 23.4 Å². The van der Waals surface area contributed by atoms with Gasteiger partial charge in [0.2, 0.25) is 0 Å². The molecule has 0 fully saturated rings. The van der Waals surface area contributed by atoms with Crippen LogP contribution in [0.15, 0.2) is 17.0 Å². The third-order valence-electron chi connectivity index (χ3n) is 3.97. The monoisotopic (exact) mass is 402 g/mol. The van der Waals surface area contributed by atoms with E-state index in [0.29, 0.717) is 24.1 Å². The van der Waals surface area contributed by atoms with E-state index in [1.54, 1.807) is 0 Å². The fourth-order valence-corrected chi connectivity index (χ4v) is 4.34. The first-order valence-corrected chi connectivity index (χ1v) is 8.24. The van der Waals surface area contributed by atoms with Gasteiger partial charge < -0.3 is 20.1 Å². The zero-order valence-electron chi connectivity index (χ0n) is 12.8. The van der Waals surface area contributed by atoms with Crippen LogP contribution in [0.5, 0.6) is 5.75 Å². The number of ether oxygens (including phenoxy) is 1. The lowest BCUT2D eigenvalue weighted by atomic mass is 9.96. The van der Waals surface area contributed by atoms with Crippen molar-refractivity contribution in [3.05, 3.63) is 17.7 Å². The molecule has 144 valence electrons. The SMILES string of the molecule is O=C(NC1Sc2cc(OC(F)(F)F)cc3c2N1C(CO)CC3)C(F)(F)F. The van der Waals surface area contributed by atoms with Crippen LogP contribution < -0.4 is 15.0 Å². The molecule has 1 amide bonds. The molecule has 2 N–H and O–H groups in total. The Balaban J connectivity index is 1.95. The number of nitrogens with one attached hydrogen (secondary N) is 1. The van der Waals surface area contributed by atoms with Crippen molar-refractivity contribution in [1.82, 2.24) is 5.32 Å². The standard InChI is InChI=1S/C14H12F6N2O3S/c15-13(16,17)11(24)21-12-22-7(5-23)2-1-6-3-8(25-14(18,19)20)4-9(26-12)10(6)22/h3-4,7,12,23H,1-2,5H2,(H,21,24). The minimum absolute atomic E-state index is 0.243. The van der Waals surface area contributed by atoms with Crippen LogP contribution in [0.4, 0.5) is 32.0 Å². The van der Waals surface area contributed by atoms with Gasteiger partial charge in [0.15, 0.2) is 5.50 Å². The van der Waals surface area contributed by atoms with Crippen molar-refractivity contribution in [1.29, 1.82) is 0 Å². The highest BCUT2D eigenvalue weighted by Gasteiger charge is 2.46. The van der Waals surface area contributed by atoms with Crippen molar-refractivity contribution < 1.29 is 41.0 Å². The van der Waals surface area contributed by atoms with Crippen LogP contribution in [-0.2, 0) is 11.2 Å². The van der Waals surface area contributed by atoms with Gasteiger partial charge in [0.1, 0.15) is 5.75 Å². The summed E-state index contributed by atoms with van der Waals surface area (Å²) in [5.74, 6) is -2.65. The number of hydrogen-bond donors (Lipinski definition) is 2. The van der Waals surface area contributed by atoms with E-state index in [2.05, 4.69) is 4.74 Å². The highest BCUT2D eigenvalue weighted by Crippen LogP contribution is 2.50. The van der Waals surface area contributed by atoms with E-state index < -0.39 is 35.7 Å². The molecule has 5 nitrogen and oxygen atoms in total. The minimum Gasteiger partial charge on any atom is -0.406 e. The van der Waals surface area contributed by atoms with Crippen LogP contribution in [0.1, 0.15) is 12.0 Å². The zero-order valence-corrected chi connectivity index (χ0v) is 13.6. The number of aryl methyl sites for hydroxylation is 1. The average Bonchev–Trinajstić information content (AvgIpc) is 2.84. The van der Waals surface area contributed by atoms with Crippen molar-refractivity contribution in [2.75, 3.05) is 11.5 Å². The van der Waals surface area contributed by atoms with Gasteiger partial charge in [0.05, 0.1) is 18.3 Å². The van der Waals surface area contributed by atoms with Gasteiger partial charge >= 0.3 is 18.4 Å². The van der Waals surface area contributed by atoms with E-state index in [4.69, 9.17) is 0 Å². The molecule has 1 aromatic rings. The van der Waals surface area contributed by atoms with E-state index in [1.165, 1.54) is 11.0 Å². The van der Waals surface area contributed by atoms with Crippen LogP contribution in [0, 0.1) is 0 Å². The lowest BCUT2D eigenvalue weighted by Crippen LogP contribution is -2.54. The molecule has 2 atom stereocenters. The molecular formula is C14H12F6N2O3S. The number of halogens is 6. The molecule has 2 aliphatic rings. The number of anilines is 1. The van der Waals surface area contributed by atoms with Crippen molar-refractivity contribution in [3.63, 3.8) is 0 Å². The Morgan fingerprint density at radius 2 is 2.00 bits per heavy atom. The molecule has 0 saturated heterocycles. The predicted molar refractivity (Wildman–Crippen MR) is 78.6 cm³/mol. The third kappa shape index (κ3) is 3.65. The van der Waals surface area contributed by atoms with Crippen molar-refractivity contribution in [2.24, 2.45) is 0 Å². The average molecular weight is 402 g/mol. The number of carbonyl (C=O) groups is 1. The third-order valence-corrected chi connectivity index (χ3v) is 5.11. The zero-order chi connectivity index (χ0) is 19.3. The first-order valence-electron chi connectivity index (χ1n) is 7.36. The lowest BCUT2D eigenvalue weighted by Gasteiger charge is -2.38. The van der Waals surface area contributed by atoms with E-state index in [1.807, 2.05) is 5.32 Å². The number of rotatable bonds is 3. The van der Waals surface area contributed by atoms with Gasteiger partial charge in [-0.2, -0.15) is 13.2 Å². The van der Waals surface area contributed by atoms with Crippen molar-refractivity contribution in [3.8, 4) is 5.75 Å². The summed E-state index contributed by atoms with van der Waals surface area (Å²) in [5.41, 5.74) is -0.346. The Bertz CT molecular complexity index is 724. The van der Waals surface area contributed by atoms with Gasteiger partial charge in [0, 0.05) is 4.90 Å². The Morgan fingerprint density at radius 3 is 2.58 bits per heavy atom. The molecule has 0 spiro atoms.